The molecule has 5 rings (SSSR count). The minimum absolute atomic E-state index is 0.130. The van der Waals surface area contributed by atoms with Gasteiger partial charge in [0, 0.05) is 0 Å². The van der Waals surface area contributed by atoms with E-state index in [1.807, 2.05) is 42.5 Å². The Balaban J connectivity index is 1.46. The van der Waals surface area contributed by atoms with Gasteiger partial charge in [-0.1, -0.05) is 52.8 Å². The van der Waals surface area contributed by atoms with Crippen molar-refractivity contribution in [3.8, 4) is 11.5 Å². The highest BCUT2D eigenvalue weighted by molar-refractivity contribution is 7.98. The molecule has 0 radical (unpaired) electrons. The first-order chi connectivity index (χ1) is 15.2. The number of thioether (sulfide) groups is 1. The van der Waals surface area contributed by atoms with Crippen LogP contribution in [0.15, 0.2) is 85.8 Å². The van der Waals surface area contributed by atoms with Crippen LogP contribution >= 0.6 is 23.4 Å². The minimum Gasteiger partial charge on any atom is -0.467 e. The third-order valence-electron chi connectivity index (χ3n) is 4.62. The molecule has 5 aromatic rings. The molecule has 0 fully saturated rings. The molecule has 0 bridgehead atoms. The van der Waals surface area contributed by atoms with E-state index in [0.29, 0.717) is 49.9 Å². The molecule has 7 nitrogen and oxygen atoms in total. The summed E-state index contributed by atoms with van der Waals surface area (Å²) in [7, 11) is 0. The maximum absolute atomic E-state index is 13.1. The van der Waals surface area contributed by atoms with E-state index in [0.717, 1.165) is 0 Å². The molecule has 9 heteroatoms. The van der Waals surface area contributed by atoms with Crippen molar-refractivity contribution in [2.75, 3.05) is 0 Å². The van der Waals surface area contributed by atoms with Gasteiger partial charge in [-0.15, -0.1) is 0 Å². The zero-order valence-electron chi connectivity index (χ0n) is 16.1. The van der Waals surface area contributed by atoms with Crippen molar-refractivity contribution in [3.63, 3.8) is 0 Å². The summed E-state index contributed by atoms with van der Waals surface area (Å²) in [5.74, 6) is 1.87. The highest BCUT2D eigenvalue weighted by Gasteiger charge is 2.16. The van der Waals surface area contributed by atoms with E-state index in [-0.39, 0.29) is 12.1 Å². The van der Waals surface area contributed by atoms with Crippen LogP contribution in [0.2, 0.25) is 5.02 Å². The second-order valence-corrected chi connectivity index (χ2v) is 8.02. The van der Waals surface area contributed by atoms with Gasteiger partial charge in [0.2, 0.25) is 0 Å². The maximum Gasteiger partial charge on any atom is 0.262 e. The van der Waals surface area contributed by atoms with Crippen molar-refractivity contribution in [2.45, 2.75) is 17.5 Å². The number of rotatable bonds is 6. The number of hydrogen-bond donors (Lipinski definition) is 0. The predicted molar refractivity (Wildman–Crippen MR) is 118 cm³/mol. The summed E-state index contributed by atoms with van der Waals surface area (Å²) in [5.41, 5.74) is 1.18. The third-order valence-corrected chi connectivity index (χ3v) is 5.93. The summed E-state index contributed by atoms with van der Waals surface area (Å²) in [4.78, 5) is 22.2. The average Bonchev–Trinajstić information content (AvgIpc) is 3.47. The number of halogens is 1. The molecular formula is C22H15ClN4O3S. The van der Waals surface area contributed by atoms with Crippen LogP contribution in [0.3, 0.4) is 0 Å². The molecule has 0 N–H and O–H groups in total. The molecule has 31 heavy (non-hydrogen) atoms. The molecule has 0 saturated heterocycles. The number of para-hydroxylation sites is 1. The molecular weight excluding hydrogens is 436 g/mol. The molecule has 0 amide bonds. The quantitative estimate of drug-likeness (QED) is 0.264. The number of nitrogens with zero attached hydrogens (tertiary/aromatic N) is 4. The number of furan rings is 1. The van der Waals surface area contributed by atoms with Crippen LogP contribution < -0.4 is 5.56 Å². The summed E-state index contributed by atoms with van der Waals surface area (Å²) in [6, 6.07) is 18.2. The third kappa shape index (κ3) is 3.99. The lowest BCUT2D eigenvalue weighted by Crippen LogP contribution is -2.23. The molecule has 0 aliphatic heterocycles. The van der Waals surface area contributed by atoms with Gasteiger partial charge >= 0.3 is 0 Å². The van der Waals surface area contributed by atoms with Gasteiger partial charge in [0.25, 0.3) is 11.4 Å². The van der Waals surface area contributed by atoms with Crippen molar-refractivity contribution in [3.05, 3.63) is 93.9 Å². The zero-order chi connectivity index (χ0) is 21.2. The zero-order valence-corrected chi connectivity index (χ0v) is 17.6. The molecule has 2 aromatic carbocycles. The fourth-order valence-corrected chi connectivity index (χ4v) is 4.20. The standard InChI is InChI=1S/C22H15ClN4O3S/c23-17-9-3-1-7-15(17)20-25-19(26-30-20)13-31-22-24-18-10-4-2-8-16(18)21(28)27(22)12-14-6-5-11-29-14/h1-11H,12-13H2. The normalized spacial score (nSPS) is 11.3. The van der Waals surface area contributed by atoms with E-state index >= 15 is 0 Å². The Morgan fingerprint density at radius 1 is 1.00 bits per heavy atom. The smallest absolute Gasteiger partial charge is 0.262 e. The Kier molecular flexibility index (Phi) is 5.31. The predicted octanol–water partition coefficient (Wildman–Crippen LogP) is 5.03. The van der Waals surface area contributed by atoms with Gasteiger partial charge in [-0.25, -0.2) is 4.98 Å². The molecule has 0 aliphatic rings. The van der Waals surface area contributed by atoms with Gasteiger partial charge in [-0.2, -0.15) is 4.98 Å². The lowest BCUT2D eigenvalue weighted by molar-refractivity contribution is 0.425. The van der Waals surface area contributed by atoms with Crippen LogP contribution in [0.25, 0.3) is 22.4 Å². The van der Waals surface area contributed by atoms with E-state index in [1.165, 1.54) is 11.8 Å². The SMILES string of the molecule is O=c1c2ccccc2nc(SCc2noc(-c3ccccc3Cl)n2)n1Cc1ccco1. The summed E-state index contributed by atoms with van der Waals surface area (Å²) in [5, 5.41) is 5.68. The Morgan fingerprint density at radius 2 is 1.84 bits per heavy atom. The second kappa shape index (κ2) is 8.41. The van der Waals surface area contributed by atoms with Crippen molar-refractivity contribution in [2.24, 2.45) is 0 Å². The van der Waals surface area contributed by atoms with Crippen LogP contribution in [-0.4, -0.2) is 19.7 Å². The van der Waals surface area contributed by atoms with Gasteiger partial charge in [0.15, 0.2) is 11.0 Å². The first-order valence-corrected chi connectivity index (χ1v) is 10.8. The lowest BCUT2D eigenvalue weighted by atomic mass is 10.2. The maximum atomic E-state index is 13.1. The van der Waals surface area contributed by atoms with Gasteiger partial charge in [0.1, 0.15) is 5.76 Å². The average molecular weight is 451 g/mol. The molecule has 3 heterocycles. The Bertz CT molecular complexity index is 1410. The van der Waals surface area contributed by atoms with Crippen LogP contribution in [0.4, 0.5) is 0 Å². The topological polar surface area (TPSA) is 87.0 Å². The molecule has 3 aromatic heterocycles. The highest BCUT2D eigenvalue weighted by Crippen LogP contribution is 2.27. The molecule has 0 saturated carbocycles. The van der Waals surface area contributed by atoms with Crippen molar-refractivity contribution in [1.29, 1.82) is 0 Å². The Hall–Kier alpha value is -3.36. The van der Waals surface area contributed by atoms with Gasteiger partial charge in [0.05, 0.1) is 40.0 Å². The molecule has 0 spiro atoms. The number of aromatic nitrogens is 4. The van der Waals surface area contributed by atoms with Crippen LogP contribution in [0.1, 0.15) is 11.6 Å². The van der Waals surface area contributed by atoms with Gasteiger partial charge in [-0.3, -0.25) is 9.36 Å². The second-order valence-electron chi connectivity index (χ2n) is 6.67. The fourth-order valence-electron chi connectivity index (χ4n) is 3.14. The van der Waals surface area contributed by atoms with Crippen molar-refractivity contribution in [1.82, 2.24) is 19.7 Å². The van der Waals surface area contributed by atoms with E-state index in [2.05, 4.69) is 15.1 Å². The van der Waals surface area contributed by atoms with Gasteiger partial charge in [-0.05, 0) is 36.4 Å². The number of fused-ring (bicyclic) bond motifs is 1. The van der Waals surface area contributed by atoms with Crippen molar-refractivity contribution >= 4 is 34.3 Å². The molecule has 154 valence electrons. The summed E-state index contributed by atoms with van der Waals surface area (Å²) in [6.45, 7) is 0.281. The highest BCUT2D eigenvalue weighted by atomic mass is 35.5. The van der Waals surface area contributed by atoms with E-state index in [9.17, 15) is 4.79 Å². The van der Waals surface area contributed by atoms with Crippen molar-refractivity contribution < 1.29 is 8.94 Å². The molecule has 0 aliphatic carbocycles. The van der Waals surface area contributed by atoms with Crippen LogP contribution in [-0.2, 0) is 12.3 Å². The van der Waals surface area contributed by atoms with E-state index in [4.69, 9.17) is 20.5 Å². The molecule has 0 unspecified atom stereocenters. The molecule has 0 atom stereocenters. The Labute approximate surface area is 185 Å². The lowest BCUT2D eigenvalue weighted by Gasteiger charge is -2.11. The van der Waals surface area contributed by atoms with E-state index < -0.39 is 0 Å². The summed E-state index contributed by atoms with van der Waals surface area (Å²) < 4.78 is 12.4. The van der Waals surface area contributed by atoms with Crippen LogP contribution in [0, 0.1) is 0 Å². The first-order valence-electron chi connectivity index (χ1n) is 9.41. The number of benzene rings is 2. The van der Waals surface area contributed by atoms with Crippen LogP contribution in [0.5, 0.6) is 0 Å². The van der Waals surface area contributed by atoms with E-state index in [1.54, 1.807) is 29.0 Å². The largest absolute Gasteiger partial charge is 0.467 e. The first kappa shape index (κ1) is 19.6. The summed E-state index contributed by atoms with van der Waals surface area (Å²) in [6.07, 6.45) is 1.58. The number of hydrogen-bond acceptors (Lipinski definition) is 7. The van der Waals surface area contributed by atoms with Gasteiger partial charge < -0.3 is 8.94 Å². The fraction of sp³-hybridized carbons (Fsp3) is 0.0909. The summed E-state index contributed by atoms with van der Waals surface area (Å²) >= 11 is 7.57. The Morgan fingerprint density at radius 3 is 2.68 bits per heavy atom. The monoisotopic (exact) mass is 450 g/mol. The minimum atomic E-state index is -0.130.